The highest BCUT2D eigenvalue weighted by molar-refractivity contribution is 5.84. The van der Waals surface area contributed by atoms with E-state index in [9.17, 15) is 0 Å². The van der Waals surface area contributed by atoms with Gasteiger partial charge < -0.3 is 14.2 Å². The molecule has 47 heavy (non-hydrogen) atoms. The van der Waals surface area contributed by atoms with Crippen molar-refractivity contribution in [2.75, 3.05) is 33.5 Å². The lowest BCUT2D eigenvalue weighted by atomic mass is 9.74. The highest BCUT2D eigenvalue weighted by Gasteiger charge is 2.46. The van der Waals surface area contributed by atoms with Crippen molar-refractivity contribution in [1.82, 2.24) is 0 Å². The molecular formula is C44H38O3. The molecule has 0 saturated carbocycles. The van der Waals surface area contributed by atoms with Crippen molar-refractivity contribution in [3.63, 3.8) is 0 Å². The molecule has 8 rings (SSSR count). The van der Waals surface area contributed by atoms with Gasteiger partial charge >= 0.3 is 0 Å². The number of methoxy groups -OCH3 is 1. The molecule has 0 N–H and O–H groups in total. The van der Waals surface area contributed by atoms with Crippen molar-refractivity contribution in [3.05, 3.63) is 179 Å². The van der Waals surface area contributed by atoms with Crippen LogP contribution in [0.4, 0.5) is 0 Å². The minimum Gasteiger partial charge on any atom is -0.382 e. The Balaban J connectivity index is 1.14. The minimum absolute atomic E-state index is 0.199. The average molecular weight is 615 g/mol. The molecule has 0 heterocycles. The van der Waals surface area contributed by atoms with Gasteiger partial charge in [0.1, 0.15) is 5.60 Å². The summed E-state index contributed by atoms with van der Waals surface area (Å²) in [6, 6.07) is 53.0. The molecule has 6 aromatic rings. The van der Waals surface area contributed by atoms with Crippen LogP contribution in [0.5, 0.6) is 0 Å². The topological polar surface area (TPSA) is 27.7 Å². The maximum atomic E-state index is 6.93. The van der Waals surface area contributed by atoms with E-state index >= 15 is 0 Å². The third-order valence-electron chi connectivity index (χ3n) is 10.2. The van der Waals surface area contributed by atoms with Crippen molar-refractivity contribution >= 4 is 0 Å². The fourth-order valence-electron chi connectivity index (χ4n) is 7.90. The van der Waals surface area contributed by atoms with E-state index in [2.05, 4.69) is 153 Å². The first-order chi connectivity index (χ1) is 23.2. The average Bonchev–Trinajstić information content (AvgIpc) is 3.58. The zero-order chi connectivity index (χ0) is 31.8. The highest BCUT2D eigenvalue weighted by Crippen LogP contribution is 2.54. The van der Waals surface area contributed by atoms with E-state index in [1.54, 1.807) is 7.11 Å². The Bertz CT molecular complexity index is 1950. The van der Waals surface area contributed by atoms with Crippen LogP contribution in [0.1, 0.15) is 40.3 Å². The van der Waals surface area contributed by atoms with Gasteiger partial charge in [-0.05, 0) is 62.6 Å². The van der Waals surface area contributed by atoms with Gasteiger partial charge in [0.05, 0.1) is 26.4 Å². The van der Waals surface area contributed by atoms with E-state index in [0.717, 1.165) is 5.56 Å². The molecule has 232 valence electrons. The van der Waals surface area contributed by atoms with Gasteiger partial charge in [0, 0.05) is 23.7 Å². The molecule has 2 aliphatic rings. The molecule has 0 atom stereocenters. The fraction of sp³-hybridized carbons (Fsp3) is 0.182. The Labute approximate surface area is 277 Å². The number of rotatable bonds is 10. The zero-order valence-electron chi connectivity index (χ0n) is 26.9. The third-order valence-corrected chi connectivity index (χ3v) is 10.2. The smallest absolute Gasteiger partial charge is 0.145 e. The van der Waals surface area contributed by atoms with Gasteiger partial charge in [-0.25, -0.2) is 0 Å². The summed E-state index contributed by atoms with van der Waals surface area (Å²) in [5.74, 6) is 0. The molecule has 3 heteroatoms. The summed E-state index contributed by atoms with van der Waals surface area (Å²) in [4.78, 5) is 0. The van der Waals surface area contributed by atoms with Crippen LogP contribution in [0, 0.1) is 0 Å². The minimum atomic E-state index is -0.724. The van der Waals surface area contributed by atoms with Crippen LogP contribution in [0.15, 0.2) is 146 Å². The summed E-state index contributed by atoms with van der Waals surface area (Å²) >= 11 is 0. The van der Waals surface area contributed by atoms with Crippen LogP contribution in [0.2, 0.25) is 0 Å². The van der Waals surface area contributed by atoms with E-state index in [4.69, 9.17) is 14.2 Å². The SMILES string of the molecule is COCCOCCOC1(c2ccc(-c3ccc(C4(C)c5ccccc5-c5ccccc54)cc3)cc2)c2ccccc2-c2ccccc21. The van der Waals surface area contributed by atoms with E-state index < -0.39 is 5.60 Å². The summed E-state index contributed by atoms with van der Waals surface area (Å²) in [6.45, 7) is 4.43. The lowest BCUT2D eigenvalue weighted by Gasteiger charge is -2.33. The second kappa shape index (κ2) is 12.1. The first kappa shape index (κ1) is 29.6. The van der Waals surface area contributed by atoms with E-state index in [0.29, 0.717) is 26.4 Å². The largest absolute Gasteiger partial charge is 0.382 e. The third kappa shape index (κ3) is 4.69. The summed E-state index contributed by atoms with van der Waals surface area (Å²) in [5, 5.41) is 0. The van der Waals surface area contributed by atoms with E-state index in [-0.39, 0.29) is 5.41 Å². The van der Waals surface area contributed by atoms with Gasteiger partial charge in [-0.15, -0.1) is 0 Å². The number of ether oxygens (including phenoxy) is 3. The Hall–Kier alpha value is -4.80. The normalized spacial score (nSPS) is 14.7. The van der Waals surface area contributed by atoms with Gasteiger partial charge in [-0.2, -0.15) is 0 Å². The Morgan fingerprint density at radius 2 is 0.830 bits per heavy atom. The molecule has 0 fully saturated rings. The van der Waals surface area contributed by atoms with Crippen LogP contribution >= 0.6 is 0 Å². The van der Waals surface area contributed by atoms with Gasteiger partial charge in [-0.3, -0.25) is 0 Å². The van der Waals surface area contributed by atoms with Crippen LogP contribution in [0.25, 0.3) is 33.4 Å². The Morgan fingerprint density at radius 1 is 0.426 bits per heavy atom. The zero-order valence-corrected chi connectivity index (χ0v) is 26.9. The van der Waals surface area contributed by atoms with Crippen LogP contribution in [-0.4, -0.2) is 33.5 Å². The summed E-state index contributed by atoms with van der Waals surface area (Å²) in [6.07, 6.45) is 0. The van der Waals surface area contributed by atoms with Crippen molar-refractivity contribution in [2.24, 2.45) is 0 Å². The van der Waals surface area contributed by atoms with Crippen molar-refractivity contribution in [1.29, 1.82) is 0 Å². The molecule has 3 nitrogen and oxygen atoms in total. The summed E-state index contributed by atoms with van der Waals surface area (Å²) < 4.78 is 17.9. The summed E-state index contributed by atoms with van der Waals surface area (Å²) in [7, 11) is 1.69. The molecule has 0 aliphatic heterocycles. The molecule has 0 saturated heterocycles. The van der Waals surface area contributed by atoms with E-state index in [1.807, 2.05) is 0 Å². The molecular weight excluding hydrogens is 576 g/mol. The molecule has 0 amide bonds. The Kier molecular flexibility index (Phi) is 7.61. The molecule has 0 bridgehead atoms. The van der Waals surface area contributed by atoms with Gasteiger partial charge in [-0.1, -0.05) is 146 Å². The van der Waals surface area contributed by atoms with Crippen LogP contribution in [-0.2, 0) is 25.2 Å². The highest BCUT2D eigenvalue weighted by atomic mass is 16.5. The molecule has 6 aromatic carbocycles. The Morgan fingerprint density at radius 3 is 1.32 bits per heavy atom. The molecule has 2 aliphatic carbocycles. The molecule has 0 radical (unpaired) electrons. The van der Waals surface area contributed by atoms with Gasteiger partial charge in [0.25, 0.3) is 0 Å². The number of hydrogen-bond acceptors (Lipinski definition) is 3. The molecule has 0 aromatic heterocycles. The van der Waals surface area contributed by atoms with Crippen LogP contribution < -0.4 is 0 Å². The standard InChI is InChI=1S/C44H38O3/c1-43(39-15-7-3-11-35(39)36-12-4-8-16-40(36)43)33-23-19-31(20-24-33)32-21-25-34(26-22-32)44(47-30-29-46-28-27-45-2)41-17-9-5-13-37(41)38-14-6-10-18-42(38)44/h3-26H,27-30H2,1-2H3. The first-order valence-corrected chi connectivity index (χ1v) is 16.5. The number of benzene rings is 6. The quantitative estimate of drug-likeness (QED) is 0.144. The second-order valence-electron chi connectivity index (χ2n) is 12.6. The second-order valence-corrected chi connectivity index (χ2v) is 12.6. The van der Waals surface area contributed by atoms with E-state index in [1.165, 1.54) is 61.2 Å². The number of hydrogen-bond donors (Lipinski definition) is 0. The summed E-state index contributed by atoms with van der Waals surface area (Å²) in [5.41, 5.74) is 14.0. The lowest BCUT2D eigenvalue weighted by molar-refractivity contribution is -0.0285. The maximum Gasteiger partial charge on any atom is 0.145 e. The maximum absolute atomic E-state index is 6.93. The molecule has 0 spiro atoms. The number of fused-ring (bicyclic) bond motifs is 6. The predicted octanol–water partition coefficient (Wildman–Crippen LogP) is 9.64. The predicted molar refractivity (Wildman–Crippen MR) is 190 cm³/mol. The monoisotopic (exact) mass is 614 g/mol. The van der Waals surface area contributed by atoms with Crippen molar-refractivity contribution in [3.8, 4) is 33.4 Å². The van der Waals surface area contributed by atoms with Crippen LogP contribution in [0.3, 0.4) is 0 Å². The van der Waals surface area contributed by atoms with Crippen molar-refractivity contribution in [2.45, 2.75) is 17.9 Å². The molecule has 0 unspecified atom stereocenters. The fourth-order valence-corrected chi connectivity index (χ4v) is 7.90. The van der Waals surface area contributed by atoms with Crippen molar-refractivity contribution < 1.29 is 14.2 Å². The van der Waals surface area contributed by atoms with Gasteiger partial charge in [0.15, 0.2) is 0 Å². The van der Waals surface area contributed by atoms with Gasteiger partial charge in [0.2, 0.25) is 0 Å². The first-order valence-electron chi connectivity index (χ1n) is 16.5. The lowest BCUT2D eigenvalue weighted by Crippen LogP contribution is -2.32.